The van der Waals surface area contributed by atoms with Gasteiger partial charge in [0.15, 0.2) is 0 Å². The molecular formula is C12H12N2O3. The number of amides is 1. The number of hydrogen-bond acceptors (Lipinski definition) is 3. The SMILES string of the molecule is N#Cc1ccc(CNC(=O)CCC(=O)O)cc1. The fraction of sp³-hybridized carbons (Fsp3) is 0.250. The minimum Gasteiger partial charge on any atom is -0.481 e. The molecule has 0 aliphatic rings. The van der Waals surface area contributed by atoms with Gasteiger partial charge in [0.05, 0.1) is 18.1 Å². The van der Waals surface area contributed by atoms with Crippen LogP contribution in [-0.2, 0) is 16.1 Å². The number of nitrogens with zero attached hydrogens (tertiary/aromatic N) is 1. The second-order valence-corrected chi connectivity index (χ2v) is 3.48. The largest absolute Gasteiger partial charge is 0.481 e. The van der Waals surface area contributed by atoms with Crippen LogP contribution in [0.2, 0.25) is 0 Å². The lowest BCUT2D eigenvalue weighted by molar-refractivity contribution is -0.138. The predicted octanol–water partition coefficient (Wildman–Crippen LogP) is 1.04. The number of nitriles is 1. The molecule has 88 valence electrons. The summed E-state index contributed by atoms with van der Waals surface area (Å²) in [7, 11) is 0. The zero-order valence-electron chi connectivity index (χ0n) is 9.14. The van der Waals surface area contributed by atoms with E-state index in [1.807, 2.05) is 6.07 Å². The van der Waals surface area contributed by atoms with Gasteiger partial charge < -0.3 is 10.4 Å². The summed E-state index contributed by atoms with van der Waals surface area (Å²) in [4.78, 5) is 21.5. The van der Waals surface area contributed by atoms with Crippen LogP contribution >= 0.6 is 0 Å². The topological polar surface area (TPSA) is 90.2 Å². The molecule has 0 radical (unpaired) electrons. The minimum atomic E-state index is -0.987. The van der Waals surface area contributed by atoms with Crippen molar-refractivity contribution in [2.75, 3.05) is 0 Å². The van der Waals surface area contributed by atoms with Crippen LogP contribution in [0.5, 0.6) is 0 Å². The quantitative estimate of drug-likeness (QED) is 0.793. The van der Waals surface area contributed by atoms with Gasteiger partial charge in [-0.15, -0.1) is 0 Å². The molecule has 0 aromatic heterocycles. The van der Waals surface area contributed by atoms with E-state index in [-0.39, 0.29) is 18.7 Å². The molecule has 5 heteroatoms. The molecule has 0 spiro atoms. The van der Waals surface area contributed by atoms with Gasteiger partial charge in [-0.2, -0.15) is 5.26 Å². The van der Waals surface area contributed by atoms with Crippen LogP contribution in [0.15, 0.2) is 24.3 Å². The number of carbonyl (C=O) groups is 2. The van der Waals surface area contributed by atoms with E-state index in [0.29, 0.717) is 12.1 Å². The lowest BCUT2D eigenvalue weighted by Crippen LogP contribution is -2.23. The normalized spacial score (nSPS) is 9.35. The second-order valence-electron chi connectivity index (χ2n) is 3.48. The average Bonchev–Trinajstić information content (AvgIpc) is 2.34. The molecule has 1 amide bonds. The third kappa shape index (κ3) is 4.80. The van der Waals surface area contributed by atoms with E-state index in [2.05, 4.69) is 5.32 Å². The smallest absolute Gasteiger partial charge is 0.303 e. The van der Waals surface area contributed by atoms with Gasteiger partial charge in [0.2, 0.25) is 5.91 Å². The Morgan fingerprint density at radius 3 is 2.41 bits per heavy atom. The van der Waals surface area contributed by atoms with Crippen molar-refractivity contribution in [3.63, 3.8) is 0 Å². The summed E-state index contributed by atoms with van der Waals surface area (Å²) in [6.07, 6.45) is -0.190. The molecule has 5 nitrogen and oxygen atoms in total. The number of carboxylic acid groups (broad SMARTS) is 1. The summed E-state index contributed by atoms with van der Waals surface area (Å²) >= 11 is 0. The van der Waals surface area contributed by atoms with Gasteiger partial charge in [0, 0.05) is 13.0 Å². The van der Waals surface area contributed by atoms with Crippen molar-refractivity contribution in [2.45, 2.75) is 19.4 Å². The van der Waals surface area contributed by atoms with Crippen LogP contribution < -0.4 is 5.32 Å². The summed E-state index contributed by atoms with van der Waals surface area (Å²) in [5, 5.41) is 19.6. The van der Waals surface area contributed by atoms with Gasteiger partial charge in [-0.25, -0.2) is 0 Å². The van der Waals surface area contributed by atoms with E-state index in [1.54, 1.807) is 24.3 Å². The van der Waals surface area contributed by atoms with Crippen molar-refractivity contribution >= 4 is 11.9 Å². The Bertz CT molecular complexity index is 446. The van der Waals surface area contributed by atoms with Crippen molar-refractivity contribution < 1.29 is 14.7 Å². The van der Waals surface area contributed by atoms with Crippen LogP contribution in [0.3, 0.4) is 0 Å². The summed E-state index contributed by atoms with van der Waals surface area (Å²) < 4.78 is 0. The van der Waals surface area contributed by atoms with E-state index in [0.717, 1.165) is 5.56 Å². The fourth-order valence-corrected chi connectivity index (χ4v) is 1.21. The first-order chi connectivity index (χ1) is 8.11. The molecule has 0 unspecified atom stereocenters. The number of carbonyl (C=O) groups excluding carboxylic acids is 1. The summed E-state index contributed by atoms with van der Waals surface area (Å²) in [6, 6.07) is 8.82. The van der Waals surface area contributed by atoms with Crippen molar-refractivity contribution in [1.29, 1.82) is 5.26 Å². The first-order valence-corrected chi connectivity index (χ1v) is 5.09. The van der Waals surface area contributed by atoms with Gasteiger partial charge >= 0.3 is 5.97 Å². The number of aliphatic carboxylic acids is 1. The number of hydrogen-bond donors (Lipinski definition) is 2. The Balaban J connectivity index is 2.37. The first kappa shape index (κ1) is 12.7. The van der Waals surface area contributed by atoms with Crippen LogP contribution in [0.4, 0.5) is 0 Å². The Hall–Kier alpha value is -2.35. The molecule has 0 saturated heterocycles. The summed E-state index contributed by atoms with van der Waals surface area (Å²) in [5.74, 6) is -1.28. The first-order valence-electron chi connectivity index (χ1n) is 5.09. The molecule has 0 aliphatic heterocycles. The number of benzene rings is 1. The van der Waals surface area contributed by atoms with E-state index in [1.165, 1.54) is 0 Å². The molecule has 0 bridgehead atoms. The molecule has 0 heterocycles. The number of carboxylic acids is 1. The maximum Gasteiger partial charge on any atom is 0.303 e. The standard InChI is InChI=1S/C12H12N2O3/c13-7-9-1-3-10(4-2-9)8-14-11(15)5-6-12(16)17/h1-4H,5-6,8H2,(H,14,15)(H,16,17). The molecular weight excluding hydrogens is 220 g/mol. The molecule has 0 fully saturated rings. The van der Waals surface area contributed by atoms with Crippen LogP contribution in [-0.4, -0.2) is 17.0 Å². The van der Waals surface area contributed by atoms with Gasteiger partial charge in [0.25, 0.3) is 0 Å². The zero-order chi connectivity index (χ0) is 12.7. The predicted molar refractivity (Wildman–Crippen MR) is 59.9 cm³/mol. The third-order valence-electron chi connectivity index (χ3n) is 2.14. The molecule has 17 heavy (non-hydrogen) atoms. The minimum absolute atomic E-state index is 0.0222. The lowest BCUT2D eigenvalue weighted by Gasteiger charge is -2.04. The molecule has 0 saturated carbocycles. The van der Waals surface area contributed by atoms with E-state index < -0.39 is 5.97 Å². The zero-order valence-corrected chi connectivity index (χ0v) is 9.14. The lowest BCUT2D eigenvalue weighted by atomic mass is 10.1. The highest BCUT2D eigenvalue weighted by Gasteiger charge is 2.04. The number of rotatable bonds is 5. The Morgan fingerprint density at radius 1 is 1.24 bits per heavy atom. The van der Waals surface area contributed by atoms with E-state index >= 15 is 0 Å². The maximum absolute atomic E-state index is 11.2. The Labute approximate surface area is 98.7 Å². The van der Waals surface area contributed by atoms with Crippen molar-refractivity contribution in [2.24, 2.45) is 0 Å². The van der Waals surface area contributed by atoms with Gasteiger partial charge in [-0.3, -0.25) is 9.59 Å². The third-order valence-corrected chi connectivity index (χ3v) is 2.14. The van der Waals surface area contributed by atoms with E-state index in [9.17, 15) is 9.59 Å². The van der Waals surface area contributed by atoms with Gasteiger partial charge in [-0.1, -0.05) is 12.1 Å². The second kappa shape index (κ2) is 6.28. The number of nitrogens with one attached hydrogen (secondary N) is 1. The van der Waals surface area contributed by atoms with Crippen molar-refractivity contribution in [3.05, 3.63) is 35.4 Å². The van der Waals surface area contributed by atoms with Crippen LogP contribution in [0.25, 0.3) is 0 Å². The van der Waals surface area contributed by atoms with Gasteiger partial charge in [0.1, 0.15) is 0 Å². The Morgan fingerprint density at radius 2 is 1.88 bits per heavy atom. The summed E-state index contributed by atoms with van der Waals surface area (Å²) in [6.45, 7) is 0.337. The monoisotopic (exact) mass is 232 g/mol. The Kier molecular flexibility index (Phi) is 4.70. The van der Waals surface area contributed by atoms with Gasteiger partial charge in [-0.05, 0) is 17.7 Å². The van der Waals surface area contributed by atoms with Crippen molar-refractivity contribution in [3.8, 4) is 6.07 Å². The highest BCUT2D eigenvalue weighted by Crippen LogP contribution is 2.03. The molecule has 1 aromatic carbocycles. The maximum atomic E-state index is 11.2. The van der Waals surface area contributed by atoms with Crippen molar-refractivity contribution in [1.82, 2.24) is 5.32 Å². The molecule has 0 aliphatic carbocycles. The molecule has 1 aromatic rings. The van der Waals surface area contributed by atoms with Crippen LogP contribution in [0.1, 0.15) is 24.0 Å². The van der Waals surface area contributed by atoms with E-state index in [4.69, 9.17) is 10.4 Å². The highest BCUT2D eigenvalue weighted by molar-refractivity contribution is 5.80. The molecule has 0 atom stereocenters. The summed E-state index contributed by atoms with van der Waals surface area (Å²) in [5.41, 5.74) is 1.43. The average molecular weight is 232 g/mol. The molecule has 2 N–H and O–H groups in total. The van der Waals surface area contributed by atoms with Crippen LogP contribution in [0, 0.1) is 11.3 Å². The highest BCUT2D eigenvalue weighted by atomic mass is 16.4. The molecule has 1 rings (SSSR count). The fourth-order valence-electron chi connectivity index (χ4n) is 1.21.